The molecule has 8 nitrogen and oxygen atoms in total. The standard InChI is InChI=1S/C54H26N8/c55-27-33-13-17-42(39(21-33)30-58)35-15-19-51-46(23-35)44-9-3-5-11-49(44)61(51)53-25-38(41-8-2-1-7-37(41)29-57)26-54(48(53)32-60)62-50-12-6-4-10-45(50)47-24-36(16-20-52(47)62)43-18-14-34(28-56)22-40(43)31-59/h1-26H. The van der Waals surface area contributed by atoms with Crippen molar-refractivity contribution in [3.05, 3.63) is 191 Å². The summed E-state index contributed by atoms with van der Waals surface area (Å²) in [5, 5.41) is 64.5. The smallest absolute Gasteiger partial charge is 0.104 e. The summed E-state index contributed by atoms with van der Waals surface area (Å²) in [7, 11) is 0. The average Bonchev–Trinajstić information content (AvgIpc) is 3.85. The first-order valence-electron chi connectivity index (χ1n) is 19.5. The van der Waals surface area contributed by atoms with Gasteiger partial charge in [-0.25, -0.2) is 0 Å². The van der Waals surface area contributed by atoms with Crippen molar-refractivity contribution < 1.29 is 0 Å². The molecule has 0 saturated carbocycles. The van der Waals surface area contributed by atoms with Crippen LogP contribution in [0, 0.1) is 68.0 Å². The maximum atomic E-state index is 11.4. The van der Waals surface area contributed by atoms with Crippen LogP contribution >= 0.6 is 0 Å². The third kappa shape index (κ3) is 5.63. The number of nitrogens with zero attached hydrogens (tertiary/aromatic N) is 8. The molecule has 8 heteroatoms. The van der Waals surface area contributed by atoms with Gasteiger partial charge in [0.2, 0.25) is 0 Å². The van der Waals surface area contributed by atoms with Crippen molar-refractivity contribution in [2.24, 2.45) is 0 Å². The van der Waals surface area contributed by atoms with Crippen LogP contribution in [0.4, 0.5) is 0 Å². The fourth-order valence-electron chi connectivity index (χ4n) is 8.78. The zero-order chi connectivity index (χ0) is 42.5. The van der Waals surface area contributed by atoms with Crippen LogP contribution in [0.25, 0.3) is 88.4 Å². The van der Waals surface area contributed by atoms with Crippen molar-refractivity contribution in [2.75, 3.05) is 0 Å². The van der Waals surface area contributed by atoms with Crippen molar-refractivity contribution in [1.82, 2.24) is 9.13 Å². The van der Waals surface area contributed by atoms with Crippen LogP contribution in [0.1, 0.15) is 33.4 Å². The van der Waals surface area contributed by atoms with Crippen LogP contribution in [0.2, 0.25) is 0 Å². The molecule has 10 rings (SSSR count). The molecule has 0 aliphatic rings. The van der Waals surface area contributed by atoms with E-state index in [2.05, 4.69) is 45.5 Å². The minimum atomic E-state index is 0.396. The Morgan fingerprint density at radius 2 is 0.742 bits per heavy atom. The molecule has 0 fully saturated rings. The van der Waals surface area contributed by atoms with E-state index in [-0.39, 0.29) is 0 Å². The maximum absolute atomic E-state index is 11.4. The van der Waals surface area contributed by atoms with E-state index in [1.54, 1.807) is 42.5 Å². The maximum Gasteiger partial charge on any atom is 0.104 e. The van der Waals surface area contributed by atoms with E-state index < -0.39 is 0 Å². The lowest BCUT2D eigenvalue weighted by Crippen LogP contribution is -2.05. The third-order valence-electron chi connectivity index (χ3n) is 11.6. The molecule has 10 aromatic rings. The molecular formula is C54H26N8. The van der Waals surface area contributed by atoms with Gasteiger partial charge in [0.25, 0.3) is 0 Å². The Balaban J connectivity index is 1.29. The minimum Gasteiger partial charge on any atom is -0.308 e. The summed E-state index contributed by atoms with van der Waals surface area (Å²) >= 11 is 0. The molecule has 8 aromatic carbocycles. The van der Waals surface area contributed by atoms with E-state index in [0.29, 0.717) is 61.4 Å². The molecule has 0 radical (unpaired) electrons. The number of benzene rings is 8. The lowest BCUT2D eigenvalue weighted by molar-refractivity contribution is 1.12. The Kier molecular flexibility index (Phi) is 8.62. The van der Waals surface area contributed by atoms with E-state index in [1.807, 2.05) is 115 Å². The number of aromatic nitrogens is 2. The number of nitriles is 6. The molecule has 0 aliphatic carbocycles. The predicted molar refractivity (Wildman–Crippen MR) is 240 cm³/mol. The van der Waals surface area contributed by atoms with Crippen LogP contribution in [-0.2, 0) is 0 Å². The number of fused-ring (bicyclic) bond motifs is 6. The van der Waals surface area contributed by atoms with Crippen LogP contribution in [0.15, 0.2) is 158 Å². The van der Waals surface area contributed by atoms with Gasteiger partial charge in [-0.2, -0.15) is 31.6 Å². The van der Waals surface area contributed by atoms with Crippen LogP contribution in [0.5, 0.6) is 0 Å². The highest BCUT2D eigenvalue weighted by Gasteiger charge is 2.24. The molecule has 0 spiro atoms. The molecular weight excluding hydrogens is 761 g/mol. The van der Waals surface area contributed by atoms with E-state index in [4.69, 9.17) is 0 Å². The molecule has 0 bridgehead atoms. The topological polar surface area (TPSA) is 153 Å². The molecule has 2 aromatic heterocycles. The first-order valence-corrected chi connectivity index (χ1v) is 19.5. The molecule has 0 saturated heterocycles. The highest BCUT2D eigenvalue weighted by Crippen LogP contribution is 2.42. The fourth-order valence-corrected chi connectivity index (χ4v) is 8.78. The Morgan fingerprint density at radius 1 is 0.306 bits per heavy atom. The third-order valence-corrected chi connectivity index (χ3v) is 11.6. The summed E-state index contributed by atoms with van der Waals surface area (Å²) in [4.78, 5) is 0. The van der Waals surface area contributed by atoms with Crippen molar-refractivity contribution in [3.63, 3.8) is 0 Å². The van der Waals surface area contributed by atoms with Gasteiger partial charge in [0.05, 0.1) is 91.6 Å². The van der Waals surface area contributed by atoms with Crippen LogP contribution < -0.4 is 0 Å². The summed E-state index contributed by atoms with van der Waals surface area (Å²) in [5.41, 5.74) is 11.6. The van der Waals surface area contributed by atoms with Gasteiger partial charge in [0.15, 0.2) is 0 Å². The normalized spacial score (nSPS) is 10.8. The predicted octanol–water partition coefficient (Wildman–Crippen LogP) is 12.1. The van der Waals surface area contributed by atoms with Gasteiger partial charge in [-0.05, 0) is 112 Å². The van der Waals surface area contributed by atoms with Gasteiger partial charge in [-0.1, -0.05) is 78.9 Å². The lowest BCUT2D eigenvalue weighted by Gasteiger charge is -2.19. The first-order chi connectivity index (χ1) is 30.5. The SMILES string of the molecule is N#Cc1ccc(-c2ccc3c(c2)c2ccccc2n3-c2cc(-c3ccccc3C#N)cc(-n3c4ccccc4c4cc(-c5ccc(C#N)cc5C#N)ccc43)c2C#N)c(C#N)c1. The van der Waals surface area contributed by atoms with E-state index in [0.717, 1.165) is 60.3 Å². The molecule has 282 valence electrons. The summed E-state index contributed by atoms with van der Waals surface area (Å²) in [6.45, 7) is 0. The Bertz CT molecular complexity index is 3620. The van der Waals surface area contributed by atoms with Crippen molar-refractivity contribution in [2.45, 2.75) is 0 Å². The van der Waals surface area contributed by atoms with Gasteiger partial charge in [0.1, 0.15) is 11.6 Å². The highest BCUT2D eigenvalue weighted by atomic mass is 15.0. The van der Waals surface area contributed by atoms with E-state index >= 15 is 0 Å². The summed E-state index contributed by atoms with van der Waals surface area (Å²) in [6.07, 6.45) is 0. The average molecular weight is 787 g/mol. The highest BCUT2D eigenvalue weighted by molar-refractivity contribution is 6.12. The molecule has 0 atom stereocenters. The summed E-state index contributed by atoms with van der Waals surface area (Å²) in [6, 6.07) is 63.3. The second-order valence-electron chi connectivity index (χ2n) is 14.8. The summed E-state index contributed by atoms with van der Waals surface area (Å²) < 4.78 is 4.19. The molecule has 0 aliphatic heterocycles. The quantitative estimate of drug-likeness (QED) is 0.169. The van der Waals surface area contributed by atoms with Crippen LogP contribution in [0.3, 0.4) is 0 Å². The van der Waals surface area contributed by atoms with E-state index in [1.165, 1.54) is 0 Å². The van der Waals surface area contributed by atoms with Gasteiger partial charge < -0.3 is 9.13 Å². The number of rotatable bonds is 5. The molecule has 0 N–H and O–H groups in total. The first kappa shape index (κ1) is 36.6. The lowest BCUT2D eigenvalue weighted by atomic mass is 9.96. The van der Waals surface area contributed by atoms with Crippen molar-refractivity contribution in [1.29, 1.82) is 31.6 Å². The van der Waals surface area contributed by atoms with Gasteiger partial charge in [0, 0.05) is 21.5 Å². The van der Waals surface area contributed by atoms with Crippen LogP contribution in [-0.4, -0.2) is 9.13 Å². The van der Waals surface area contributed by atoms with Crippen molar-refractivity contribution >= 4 is 43.6 Å². The molecule has 2 heterocycles. The zero-order valence-corrected chi connectivity index (χ0v) is 32.6. The second-order valence-corrected chi connectivity index (χ2v) is 14.8. The number of para-hydroxylation sites is 2. The molecule has 0 unspecified atom stereocenters. The number of hydrogen-bond donors (Lipinski definition) is 0. The fraction of sp³-hybridized carbons (Fsp3) is 0. The minimum absolute atomic E-state index is 0.396. The van der Waals surface area contributed by atoms with E-state index in [9.17, 15) is 31.6 Å². The molecule has 62 heavy (non-hydrogen) atoms. The summed E-state index contributed by atoms with van der Waals surface area (Å²) in [5.74, 6) is 0. The second kappa shape index (κ2) is 14.6. The Morgan fingerprint density at radius 3 is 1.21 bits per heavy atom. The monoisotopic (exact) mass is 786 g/mol. The van der Waals surface area contributed by atoms with Gasteiger partial charge in [-0.3, -0.25) is 0 Å². The Labute approximate surface area is 355 Å². The van der Waals surface area contributed by atoms with Gasteiger partial charge in [-0.15, -0.1) is 0 Å². The van der Waals surface area contributed by atoms with Gasteiger partial charge >= 0.3 is 0 Å². The number of hydrogen-bond acceptors (Lipinski definition) is 6. The van der Waals surface area contributed by atoms with Crippen molar-refractivity contribution in [3.8, 4) is 81.2 Å². The zero-order valence-electron chi connectivity index (χ0n) is 32.6. The molecule has 0 amide bonds. The largest absolute Gasteiger partial charge is 0.308 e. The Hall–Kier alpha value is -9.70.